The normalized spacial score (nSPS) is 21.5. The molecule has 3 aromatic carbocycles. The van der Waals surface area contributed by atoms with E-state index in [1.54, 1.807) is 19.2 Å². The van der Waals surface area contributed by atoms with Crippen LogP contribution in [0.5, 0.6) is 5.75 Å². The molecule has 2 N–H and O–H groups in total. The number of rotatable bonds is 4. The molecule has 2 heterocycles. The maximum atomic E-state index is 13.8. The maximum absolute atomic E-state index is 13.8. The number of ether oxygens (including phenoxy) is 1. The Hall–Kier alpha value is -3.38. The van der Waals surface area contributed by atoms with Crippen molar-refractivity contribution in [2.75, 3.05) is 25.6 Å². The molecule has 5 rings (SSSR count). The van der Waals surface area contributed by atoms with Crippen LogP contribution in [0.2, 0.25) is 0 Å². The van der Waals surface area contributed by atoms with Gasteiger partial charge in [0.1, 0.15) is 11.6 Å². The molecule has 0 aromatic heterocycles. The van der Waals surface area contributed by atoms with Crippen LogP contribution in [0.25, 0.3) is 11.1 Å². The SMILES string of the molecule is COc1cccc(-c2ccc3c(c2)[C@@H]2[C@@H](CCN2C(=O)c2cccc(F)c2)[C@H](CO)N3)c1. The molecule has 0 radical (unpaired) electrons. The highest BCUT2D eigenvalue weighted by molar-refractivity contribution is 5.95. The molecule has 0 saturated carbocycles. The molecule has 164 valence electrons. The number of halogens is 1. The summed E-state index contributed by atoms with van der Waals surface area (Å²) >= 11 is 0. The van der Waals surface area contributed by atoms with Crippen molar-refractivity contribution in [2.24, 2.45) is 5.92 Å². The van der Waals surface area contributed by atoms with E-state index < -0.39 is 5.82 Å². The first kappa shape index (κ1) is 20.5. The van der Waals surface area contributed by atoms with E-state index in [0.29, 0.717) is 12.1 Å². The maximum Gasteiger partial charge on any atom is 0.254 e. The summed E-state index contributed by atoms with van der Waals surface area (Å²) in [5.74, 6) is 0.241. The number of methoxy groups -OCH3 is 1. The van der Waals surface area contributed by atoms with Crippen LogP contribution in [0.3, 0.4) is 0 Å². The number of likely N-dealkylation sites (tertiary alicyclic amines) is 1. The van der Waals surface area contributed by atoms with Crippen molar-refractivity contribution in [3.05, 3.63) is 83.7 Å². The van der Waals surface area contributed by atoms with Gasteiger partial charge in [0.25, 0.3) is 5.91 Å². The third-order valence-corrected chi connectivity index (χ3v) is 6.60. The van der Waals surface area contributed by atoms with Gasteiger partial charge < -0.3 is 20.1 Å². The van der Waals surface area contributed by atoms with Gasteiger partial charge in [0.05, 0.1) is 25.8 Å². The summed E-state index contributed by atoms with van der Waals surface area (Å²) in [6.45, 7) is 0.548. The number of amides is 1. The van der Waals surface area contributed by atoms with Gasteiger partial charge in [0, 0.05) is 23.7 Å². The fourth-order valence-electron chi connectivity index (χ4n) is 5.06. The van der Waals surface area contributed by atoms with Crippen molar-refractivity contribution in [3.8, 4) is 16.9 Å². The predicted octanol–water partition coefficient (Wildman–Crippen LogP) is 4.49. The zero-order chi connectivity index (χ0) is 22.2. The number of nitrogens with zero attached hydrogens (tertiary/aromatic N) is 1. The van der Waals surface area contributed by atoms with Gasteiger partial charge in [-0.2, -0.15) is 0 Å². The molecular weight excluding hydrogens is 407 g/mol. The Morgan fingerprint density at radius 2 is 1.94 bits per heavy atom. The lowest BCUT2D eigenvalue weighted by molar-refractivity contribution is 0.0700. The van der Waals surface area contributed by atoms with Crippen LogP contribution < -0.4 is 10.1 Å². The molecule has 3 atom stereocenters. The van der Waals surface area contributed by atoms with Gasteiger partial charge in [-0.25, -0.2) is 4.39 Å². The van der Waals surface area contributed by atoms with Crippen LogP contribution in [0.1, 0.15) is 28.4 Å². The van der Waals surface area contributed by atoms with E-state index in [1.165, 1.54) is 12.1 Å². The van der Waals surface area contributed by atoms with Gasteiger partial charge in [0.15, 0.2) is 0 Å². The van der Waals surface area contributed by atoms with Crippen molar-refractivity contribution in [1.29, 1.82) is 0 Å². The van der Waals surface area contributed by atoms with Gasteiger partial charge in [-0.05, 0) is 65.6 Å². The zero-order valence-corrected chi connectivity index (χ0v) is 17.8. The van der Waals surface area contributed by atoms with E-state index in [9.17, 15) is 14.3 Å². The summed E-state index contributed by atoms with van der Waals surface area (Å²) < 4.78 is 19.2. The van der Waals surface area contributed by atoms with Crippen molar-refractivity contribution in [1.82, 2.24) is 4.90 Å². The molecule has 6 heteroatoms. The van der Waals surface area contributed by atoms with Crippen LogP contribution in [-0.4, -0.2) is 42.2 Å². The first-order valence-electron chi connectivity index (χ1n) is 10.8. The minimum Gasteiger partial charge on any atom is -0.497 e. The minimum absolute atomic E-state index is 0.0137. The average molecular weight is 432 g/mol. The van der Waals surface area contributed by atoms with Gasteiger partial charge >= 0.3 is 0 Å². The molecule has 32 heavy (non-hydrogen) atoms. The zero-order valence-electron chi connectivity index (χ0n) is 17.8. The monoisotopic (exact) mass is 432 g/mol. The molecule has 0 unspecified atom stereocenters. The van der Waals surface area contributed by atoms with E-state index in [2.05, 4.69) is 11.4 Å². The predicted molar refractivity (Wildman–Crippen MR) is 121 cm³/mol. The minimum atomic E-state index is -0.425. The van der Waals surface area contributed by atoms with Gasteiger partial charge in [-0.1, -0.05) is 24.3 Å². The number of benzene rings is 3. The van der Waals surface area contributed by atoms with Crippen LogP contribution in [-0.2, 0) is 0 Å². The molecule has 0 bridgehead atoms. The van der Waals surface area contributed by atoms with Crippen LogP contribution in [0.4, 0.5) is 10.1 Å². The lowest BCUT2D eigenvalue weighted by Crippen LogP contribution is -2.42. The van der Waals surface area contributed by atoms with E-state index >= 15 is 0 Å². The topological polar surface area (TPSA) is 61.8 Å². The number of fused-ring (bicyclic) bond motifs is 3. The largest absolute Gasteiger partial charge is 0.497 e. The Morgan fingerprint density at radius 3 is 2.72 bits per heavy atom. The third kappa shape index (κ3) is 3.50. The highest BCUT2D eigenvalue weighted by Crippen LogP contribution is 2.47. The fourth-order valence-corrected chi connectivity index (χ4v) is 5.06. The summed E-state index contributed by atoms with van der Waals surface area (Å²) in [4.78, 5) is 15.2. The molecule has 5 nitrogen and oxygen atoms in total. The summed E-state index contributed by atoms with van der Waals surface area (Å²) in [6.07, 6.45) is 0.771. The second-order valence-electron chi connectivity index (χ2n) is 8.37. The molecule has 0 aliphatic carbocycles. The van der Waals surface area contributed by atoms with Gasteiger partial charge in [-0.3, -0.25) is 4.79 Å². The Labute approximate surface area is 186 Å². The van der Waals surface area contributed by atoms with Crippen LogP contribution >= 0.6 is 0 Å². The van der Waals surface area contributed by atoms with E-state index in [0.717, 1.165) is 34.5 Å². The highest BCUT2D eigenvalue weighted by atomic mass is 19.1. The van der Waals surface area contributed by atoms with Crippen molar-refractivity contribution in [2.45, 2.75) is 18.5 Å². The number of carbonyl (C=O) groups is 1. The number of hydrogen-bond acceptors (Lipinski definition) is 4. The summed E-state index contributed by atoms with van der Waals surface area (Å²) in [6, 6.07) is 19.5. The number of hydrogen-bond donors (Lipinski definition) is 2. The van der Waals surface area contributed by atoms with E-state index in [4.69, 9.17) is 4.74 Å². The third-order valence-electron chi connectivity index (χ3n) is 6.60. The van der Waals surface area contributed by atoms with E-state index in [1.807, 2.05) is 41.3 Å². The van der Waals surface area contributed by atoms with Crippen LogP contribution in [0, 0.1) is 11.7 Å². The molecular formula is C26H25FN2O3. The van der Waals surface area contributed by atoms with Crippen molar-refractivity contribution >= 4 is 11.6 Å². The fraction of sp³-hybridized carbons (Fsp3) is 0.269. The second-order valence-corrected chi connectivity index (χ2v) is 8.37. The number of nitrogens with one attached hydrogen (secondary N) is 1. The Balaban J connectivity index is 1.57. The Bertz CT molecular complexity index is 1170. The lowest BCUT2D eigenvalue weighted by Gasteiger charge is -2.39. The first-order valence-corrected chi connectivity index (χ1v) is 10.8. The summed E-state index contributed by atoms with van der Waals surface area (Å²) in [5.41, 5.74) is 4.32. The molecule has 0 spiro atoms. The molecule has 2 aliphatic rings. The molecule has 1 amide bonds. The highest BCUT2D eigenvalue weighted by Gasteiger charge is 2.45. The van der Waals surface area contributed by atoms with Gasteiger partial charge in [-0.15, -0.1) is 0 Å². The average Bonchev–Trinajstić information content (AvgIpc) is 3.28. The standard InChI is InChI=1S/C26H25FN2O3/c1-32-20-7-3-4-16(13-20)17-8-9-23-22(14-17)25-21(24(15-30)28-23)10-11-29(25)26(31)18-5-2-6-19(27)12-18/h2-9,12-14,21,24-25,28,30H,10-11,15H2,1H3/t21-,24-,25-/m0/s1. The molecule has 2 aliphatic heterocycles. The number of carbonyl (C=O) groups excluding carboxylic acids is 1. The van der Waals surface area contributed by atoms with Gasteiger partial charge in [0.2, 0.25) is 0 Å². The lowest BCUT2D eigenvalue weighted by atomic mass is 9.82. The van der Waals surface area contributed by atoms with E-state index in [-0.39, 0.29) is 30.5 Å². The first-order chi connectivity index (χ1) is 15.6. The number of aliphatic hydroxyl groups is 1. The second kappa shape index (κ2) is 8.28. The summed E-state index contributed by atoms with van der Waals surface area (Å²) in [5, 5.41) is 13.5. The molecule has 1 saturated heterocycles. The van der Waals surface area contributed by atoms with Crippen molar-refractivity contribution in [3.63, 3.8) is 0 Å². The smallest absolute Gasteiger partial charge is 0.254 e. The quantitative estimate of drug-likeness (QED) is 0.638. The van der Waals surface area contributed by atoms with Crippen molar-refractivity contribution < 1.29 is 19.0 Å². The Morgan fingerprint density at radius 1 is 1.12 bits per heavy atom. The number of anilines is 1. The summed E-state index contributed by atoms with van der Waals surface area (Å²) in [7, 11) is 1.64. The Kier molecular flexibility index (Phi) is 5.31. The molecule has 1 fully saturated rings. The number of aliphatic hydroxyl groups excluding tert-OH is 1. The molecule has 3 aromatic rings. The van der Waals surface area contributed by atoms with Crippen LogP contribution in [0.15, 0.2) is 66.7 Å².